The average molecular weight is 416 g/mol. The molecule has 2 atom stereocenters. The molecule has 0 unspecified atom stereocenters. The predicted octanol–water partition coefficient (Wildman–Crippen LogP) is 2.15. The molecule has 3 saturated heterocycles. The van der Waals surface area contributed by atoms with Crippen LogP contribution in [0.5, 0.6) is 0 Å². The Morgan fingerprint density at radius 3 is 2.60 bits per heavy atom. The number of likely N-dealkylation sites (tertiary alicyclic amines) is 2. The maximum Gasteiger partial charge on any atom is 0.226 e. The van der Waals surface area contributed by atoms with Crippen LogP contribution in [-0.2, 0) is 16.0 Å². The molecule has 6 heteroatoms. The van der Waals surface area contributed by atoms with Crippen molar-refractivity contribution < 1.29 is 14.6 Å². The minimum absolute atomic E-state index is 0.178. The third kappa shape index (κ3) is 5.16. The maximum atomic E-state index is 12.8. The van der Waals surface area contributed by atoms with Crippen LogP contribution in [0.25, 0.3) is 0 Å². The van der Waals surface area contributed by atoms with Crippen LogP contribution in [0, 0.1) is 5.41 Å². The van der Waals surface area contributed by atoms with Gasteiger partial charge in [0, 0.05) is 46.0 Å². The van der Waals surface area contributed by atoms with E-state index in [0.717, 1.165) is 82.7 Å². The molecule has 3 fully saturated rings. The van der Waals surface area contributed by atoms with E-state index in [0.29, 0.717) is 6.42 Å². The van der Waals surface area contributed by atoms with Gasteiger partial charge < -0.3 is 19.6 Å². The predicted molar refractivity (Wildman–Crippen MR) is 119 cm³/mol. The van der Waals surface area contributed by atoms with Crippen LogP contribution in [0.3, 0.4) is 0 Å². The molecule has 0 radical (unpaired) electrons. The number of aliphatic hydroxyl groups excluding tert-OH is 1. The van der Waals surface area contributed by atoms with Crippen LogP contribution in [0.1, 0.15) is 37.7 Å². The molecular weight excluding hydrogens is 378 g/mol. The summed E-state index contributed by atoms with van der Waals surface area (Å²) in [5.74, 6) is 0.236. The second-order valence-corrected chi connectivity index (χ2v) is 9.81. The third-order valence-electron chi connectivity index (χ3n) is 7.21. The van der Waals surface area contributed by atoms with Crippen molar-refractivity contribution >= 4 is 11.6 Å². The number of rotatable bonds is 5. The van der Waals surface area contributed by atoms with Gasteiger partial charge in [-0.2, -0.15) is 0 Å². The number of aliphatic hydroxyl groups is 1. The number of benzene rings is 1. The van der Waals surface area contributed by atoms with E-state index in [-0.39, 0.29) is 23.5 Å². The number of β-amino-alcohol motifs (C(OH)–C–C–N with tert-alkyl or cyclic N) is 1. The fourth-order valence-corrected chi connectivity index (χ4v) is 5.27. The zero-order chi connectivity index (χ0) is 21.1. The quantitative estimate of drug-likeness (QED) is 0.799. The van der Waals surface area contributed by atoms with Crippen molar-refractivity contribution in [3.63, 3.8) is 0 Å². The largest absolute Gasteiger partial charge is 0.392 e. The number of carbonyl (C=O) groups is 1. The molecule has 3 aliphatic rings. The number of hydrogen-bond acceptors (Lipinski definition) is 5. The van der Waals surface area contributed by atoms with Crippen LogP contribution in [0.2, 0.25) is 0 Å². The molecule has 1 N–H and O–H groups in total. The molecule has 1 amide bonds. The first-order chi connectivity index (χ1) is 14.4. The zero-order valence-electron chi connectivity index (χ0n) is 18.6. The Bertz CT molecular complexity index is 713. The van der Waals surface area contributed by atoms with Gasteiger partial charge in [-0.25, -0.2) is 0 Å². The summed E-state index contributed by atoms with van der Waals surface area (Å²) in [4.78, 5) is 19.3. The second-order valence-electron chi connectivity index (χ2n) is 9.81. The summed E-state index contributed by atoms with van der Waals surface area (Å²) >= 11 is 0. The first-order valence-electron chi connectivity index (χ1n) is 11.5. The van der Waals surface area contributed by atoms with Gasteiger partial charge in [0.2, 0.25) is 5.91 Å². The van der Waals surface area contributed by atoms with E-state index in [4.69, 9.17) is 4.74 Å². The normalized spacial score (nSPS) is 26.8. The Hall–Kier alpha value is -1.63. The Balaban J connectivity index is 1.24. The summed E-state index contributed by atoms with van der Waals surface area (Å²) in [6.07, 6.45) is 5.75. The highest BCUT2D eigenvalue weighted by molar-refractivity contribution is 5.79. The van der Waals surface area contributed by atoms with E-state index < -0.39 is 0 Å². The van der Waals surface area contributed by atoms with E-state index in [1.54, 1.807) is 0 Å². The van der Waals surface area contributed by atoms with Gasteiger partial charge in [0.1, 0.15) is 0 Å². The number of hydrogen-bond donors (Lipinski definition) is 1. The van der Waals surface area contributed by atoms with Crippen molar-refractivity contribution in [3.8, 4) is 0 Å². The minimum atomic E-state index is -0.178. The van der Waals surface area contributed by atoms with Crippen molar-refractivity contribution in [2.45, 2.75) is 50.7 Å². The van der Waals surface area contributed by atoms with Crippen molar-refractivity contribution in [1.82, 2.24) is 9.80 Å². The van der Waals surface area contributed by atoms with E-state index in [9.17, 15) is 9.90 Å². The Morgan fingerprint density at radius 2 is 1.93 bits per heavy atom. The van der Waals surface area contributed by atoms with Crippen LogP contribution in [-0.4, -0.2) is 86.4 Å². The lowest BCUT2D eigenvalue weighted by Crippen LogP contribution is -2.45. The molecule has 0 aliphatic carbocycles. The molecule has 1 spiro atoms. The average Bonchev–Trinajstić information content (AvgIpc) is 3.10. The molecule has 3 aliphatic heterocycles. The molecule has 6 nitrogen and oxygen atoms in total. The monoisotopic (exact) mass is 415 g/mol. The summed E-state index contributed by atoms with van der Waals surface area (Å²) < 4.78 is 6.18. The molecule has 3 heterocycles. The van der Waals surface area contributed by atoms with E-state index in [1.165, 1.54) is 0 Å². The highest BCUT2D eigenvalue weighted by atomic mass is 16.5. The molecule has 0 bridgehead atoms. The number of nitrogens with zero attached hydrogens (tertiary/aromatic N) is 3. The molecule has 1 aromatic carbocycles. The number of carbonyl (C=O) groups excluding carboxylic acids is 1. The Kier molecular flexibility index (Phi) is 6.66. The van der Waals surface area contributed by atoms with Crippen LogP contribution >= 0.6 is 0 Å². The second kappa shape index (κ2) is 9.25. The van der Waals surface area contributed by atoms with Crippen LogP contribution in [0.4, 0.5) is 5.69 Å². The van der Waals surface area contributed by atoms with Crippen molar-refractivity contribution in [3.05, 3.63) is 29.8 Å². The summed E-state index contributed by atoms with van der Waals surface area (Å²) in [5.41, 5.74) is 2.48. The highest BCUT2D eigenvalue weighted by Crippen LogP contribution is 2.42. The first-order valence-corrected chi connectivity index (χ1v) is 11.5. The fourth-order valence-electron chi connectivity index (χ4n) is 5.27. The van der Waals surface area contributed by atoms with Gasteiger partial charge in [0.25, 0.3) is 0 Å². The molecule has 0 saturated carbocycles. The van der Waals surface area contributed by atoms with Crippen LogP contribution < -0.4 is 4.90 Å². The van der Waals surface area contributed by atoms with Gasteiger partial charge in [0.05, 0.1) is 25.2 Å². The van der Waals surface area contributed by atoms with E-state index in [2.05, 4.69) is 34.1 Å². The Morgan fingerprint density at radius 1 is 1.20 bits per heavy atom. The number of anilines is 1. The van der Waals surface area contributed by atoms with Crippen molar-refractivity contribution in [2.75, 3.05) is 58.3 Å². The maximum absolute atomic E-state index is 12.8. The fraction of sp³-hybridized carbons (Fsp3) is 0.708. The number of piperidine rings is 2. The lowest BCUT2D eigenvalue weighted by Gasteiger charge is -2.38. The third-order valence-corrected chi connectivity index (χ3v) is 7.21. The molecule has 4 rings (SSSR count). The van der Waals surface area contributed by atoms with E-state index in [1.807, 2.05) is 19.0 Å². The lowest BCUT2D eigenvalue weighted by atomic mass is 9.76. The van der Waals surface area contributed by atoms with Gasteiger partial charge in [-0.15, -0.1) is 0 Å². The van der Waals surface area contributed by atoms with Crippen molar-refractivity contribution in [2.24, 2.45) is 5.41 Å². The number of ether oxygens (including phenoxy) is 1. The highest BCUT2D eigenvalue weighted by Gasteiger charge is 2.43. The van der Waals surface area contributed by atoms with Gasteiger partial charge in [-0.1, -0.05) is 12.1 Å². The molecular formula is C24H37N3O3. The van der Waals surface area contributed by atoms with Gasteiger partial charge in [-0.05, 0) is 61.8 Å². The topological polar surface area (TPSA) is 56.2 Å². The smallest absolute Gasteiger partial charge is 0.226 e. The minimum Gasteiger partial charge on any atom is -0.392 e. The van der Waals surface area contributed by atoms with E-state index >= 15 is 0 Å². The Labute approximate surface area is 180 Å². The lowest BCUT2D eigenvalue weighted by molar-refractivity contribution is -0.132. The number of amides is 1. The first kappa shape index (κ1) is 21.6. The molecule has 166 valence electrons. The van der Waals surface area contributed by atoms with Crippen LogP contribution in [0.15, 0.2) is 24.3 Å². The van der Waals surface area contributed by atoms with Gasteiger partial charge >= 0.3 is 0 Å². The zero-order valence-corrected chi connectivity index (χ0v) is 18.6. The summed E-state index contributed by atoms with van der Waals surface area (Å²) in [6.45, 7) is 5.29. The standard InChI is InChI=1S/C24H37N3O3/c1-25(2)20-7-5-19(6-8-20)14-23(29)27-12-9-24(10-13-27)15-22(30-18-24)17-26-11-3-4-21(28)16-26/h5-8,21-22,28H,3-4,9-18H2,1-2H3/t21-,22-/m1/s1. The van der Waals surface area contributed by atoms with Crippen molar-refractivity contribution in [1.29, 1.82) is 0 Å². The van der Waals surface area contributed by atoms with Gasteiger partial charge in [-0.3, -0.25) is 9.69 Å². The molecule has 1 aromatic rings. The van der Waals surface area contributed by atoms with Gasteiger partial charge in [0.15, 0.2) is 0 Å². The molecule has 0 aromatic heterocycles. The summed E-state index contributed by atoms with van der Waals surface area (Å²) in [6, 6.07) is 8.27. The SMILES string of the molecule is CN(C)c1ccc(CC(=O)N2CCC3(CC2)CO[C@@H](CN2CCC[C@@H](O)C2)C3)cc1. The summed E-state index contributed by atoms with van der Waals surface area (Å²) in [5, 5.41) is 9.90. The summed E-state index contributed by atoms with van der Waals surface area (Å²) in [7, 11) is 4.05. The molecule has 30 heavy (non-hydrogen) atoms.